The first-order valence-electron chi connectivity index (χ1n) is 4.39. The number of hydrogen-bond donors (Lipinski definition) is 2. The molecule has 0 fully saturated rings. The lowest BCUT2D eigenvalue weighted by Crippen LogP contribution is -2.37. The van der Waals surface area contributed by atoms with Crippen LogP contribution in [0.25, 0.3) is 11.0 Å². The maximum Gasteiger partial charge on any atom is 0.330 e. The molecule has 2 aromatic rings. The fourth-order valence-electron chi connectivity index (χ4n) is 1.36. The highest BCUT2D eigenvalue weighted by atomic mass is 16.4. The van der Waals surface area contributed by atoms with E-state index in [1.165, 1.54) is 18.3 Å². The van der Waals surface area contributed by atoms with Crippen molar-refractivity contribution in [2.45, 2.75) is 6.54 Å². The number of carboxylic acid groups (broad SMARTS) is 1. The Hall–Kier alpha value is -2.44. The predicted octanol–water partition coefficient (Wildman–Crippen LogP) is -0.831. The van der Waals surface area contributed by atoms with E-state index >= 15 is 0 Å². The predicted molar refractivity (Wildman–Crippen MR) is 54.3 cm³/mol. The molecule has 16 heavy (non-hydrogen) atoms. The summed E-state index contributed by atoms with van der Waals surface area (Å²) >= 11 is 0. The van der Waals surface area contributed by atoms with Crippen molar-refractivity contribution < 1.29 is 9.90 Å². The van der Waals surface area contributed by atoms with E-state index in [0.717, 1.165) is 0 Å². The van der Waals surface area contributed by atoms with Gasteiger partial charge in [0.05, 0.1) is 5.39 Å². The summed E-state index contributed by atoms with van der Waals surface area (Å²) in [5.74, 6) is -1.25. The SMILES string of the molecule is O=C(O)Cn1c(=O)[nH]c2ncccc2c1=O. The average molecular weight is 221 g/mol. The number of rotatable bonds is 2. The second-order valence-corrected chi connectivity index (χ2v) is 3.11. The monoisotopic (exact) mass is 221 g/mol. The Morgan fingerprint density at radius 2 is 2.25 bits per heavy atom. The van der Waals surface area contributed by atoms with E-state index < -0.39 is 23.8 Å². The van der Waals surface area contributed by atoms with Crippen LogP contribution < -0.4 is 11.2 Å². The number of pyridine rings is 1. The molecule has 0 aliphatic heterocycles. The van der Waals surface area contributed by atoms with E-state index in [1.54, 1.807) is 0 Å². The first-order chi connectivity index (χ1) is 7.59. The summed E-state index contributed by atoms with van der Waals surface area (Å²) in [4.78, 5) is 39.7. The fourth-order valence-corrected chi connectivity index (χ4v) is 1.36. The third kappa shape index (κ3) is 1.58. The fraction of sp³-hybridized carbons (Fsp3) is 0.111. The van der Waals surface area contributed by atoms with E-state index in [-0.39, 0.29) is 11.0 Å². The largest absolute Gasteiger partial charge is 0.480 e. The summed E-state index contributed by atoms with van der Waals surface area (Å²) in [5, 5.41) is 8.74. The quantitative estimate of drug-likeness (QED) is 0.688. The molecule has 82 valence electrons. The van der Waals surface area contributed by atoms with Gasteiger partial charge >= 0.3 is 11.7 Å². The minimum atomic E-state index is -1.25. The zero-order valence-electron chi connectivity index (χ0n) is 8.01. The molecule has 2 N–H and O–H groups in total. The Kier molecular flexibility index (Phi) is 2.28. The number of aromatic amines is 1. The normalized spacial score (nSPS) is 10.5. The van der Waals surface area contributed by atoms with Gasteiger partial charge in [-0.15, -0.1) is 0 Å². The Morgan fingerprint density at radius 3 is 2.94 bits per heavy atom. The van der Waals surface area contributed by atoms with Crippen molar-refractivity contribution in [2.75, 3.05) is 0 Å². The summed E-state index contributed by atoms with van der Waals surface area (Å²) in [7, 11) is 0. The van der Waals surface area contributed by atoms with Gasteiger partial charge in [0.15, 0.2) is 0 Å². The van der Waals surface area contributed by atoms with E-state index in [1.807, 2.05) is 0 Å². The summed E-state index contributed by atoms with van der Waals surface area (Å²) in [5.41, 5.74) is -1.29. The van der Waals surface area contributed by atoms with Gasteiger partial charge in [-0.25, -0.2) is 14.3 Å². The van der Waals surface area contributed by atoms with E-state index in [2.05, 4.69) is 9.97 Å². The molecule has 0 spiro atoms. The molecule has 0 unspecified atom stereocenters. The molecule has 0 saturated carbocycles. The van der Waals surface area contributed by atoms with Crippen LogP contribution in [0.2, 0.25) is 0 Å². The number of fused-ring (bicyclic) bond motifs is 1. The van der Waals surface area contributed by atoms with Gasteiger partial charge in [-0.3, -0.25) is 14.6 Å². The first kappa shape index (κ1) is 10.1. The van der Waals surface area contributed by atoms with Gasteiger partial charge < -0.3 is 5.11 Å². The summed E-state index contributed by atoms with van der Waals surface area (Å²) in [6.07, 6.45) is 1.43. The van der Waals surface area contributed by atoms with Gasteiger partial charge in [0.25, 0.3) is 5.56 Å². The maximum absolute atomic E-state index is 11.7. The molecule has 0 aliphatic rings. The lowest BCUT2D eigenvalue weighted by atomic mass is 10.3. The Bertz CT molecular complexity index is 670. The Balaban J connectivity index is 2.81. The van der Waals surface area contributed by atoms with Crippen molar-refractivity contribution in [1.29, 1.82) is 0 Å². The number of nitrogens with zero attached hydrogens (tertiary/aromatic N) is 2. The molecular formula is C9H7N3O4. The topological polar surface area (TPSA) is 105 Å². The number of aromatic nitrogens is 3. The minimum absolute atomic E-state index is 0.152. The molecule has 0 bridgehead atoms. The lowest BCUT2D eigenvalue weighted by Gasteiger charge is -2.02. The number of carbonyl (C=O) groups is 1. The van der Waals surface area contributed by atoms with Crippen molar-refractivity contribution in [1.82, 2.24) is 14.5 Å². The van der Waals surface area contributed by atoms with E-state index in [0.29, 0.717) is 4.57 Å². The molecule has 2 aromatic heterocycles. The lowest BCUT2D eigenvalue weighted by molar-refractivity contribution is -0.137. The highest BCUT2D eigenvalue weighted by Gasteiger charge is 2.10. The molecule has 2 heterocycles. The summed E-state index contributed by atoms with van der Waals surface area (Å²) in [6.45, 7) is -0.668. The third-order valence-electron chi connectivity index (χ3n) is 2.05. The zero-order chi connectivity index (χ0) is 11.7. The molecule has 0 atom stereocenters. The Morgan fingerprint density at radius 1 is 1.50 bits per heavy atom. The van der Waals surface area contributed by atoms with Crippen LogP contribution in [0.1, 0.15) is 0 Å². The third-order valence-corrected chi connectivity index (χ3v) is 2.05. The van der Waals surface area contributed by atoms with Gasteiger partial charge in [-0.2, -0.15) is 0 Å². The molecule has 0 amide bonds. The second kappa shape index (κ2) is 3.61. The Labute approximate surface area is 88.0 Å². The van der Waals surface area contributed by atoms with Crippen LogP contribution >= 0.6 is 0 Å². The molecule has 7 nitrogen and oxygen atoms in total. The smallest absolute Gasteiger partial charge is 0.330 e. The molecule has 0 radical (unpaired) electrons. The first-order valence-corrected chi connectivity index (χ1v) is 4.39. The van der Waals surface area contributed by atoms with Crippen LogP contribution in [0, 0.1) is 0 Å². The zero-order valence-corrected chi connectivity index (χ0v) is 8.01. The number of carboxylic acids is 1. The van der Waals surface area contributed by atoms with Gasteiger partial charge in [-0.1, -0.05) is 0 Å². The maximum atomic E-state index is 11.7. The van der Waals surface area contributed by atoms with Crippen LogP contribution in [0.15, 0.2) is 27.9 Å². The molecular weight excluding hydrogens is 214 g/mol. The van der Waals surface area contributed by atoms with Crippen LogP contribution in [-0.4, -0.2) is 25.6 Å². The molecule has 0 aromatic carbocycles. The van der Waals surface area contributed by atoms with Crippen LogP contribution in [0.3, 0.4) is 0 Å². The van der Waals surface area contributed by atoms with Crippen LogP contribution in [0.5, 0.6) is 0 Å². The van der Waals surface area contributed by atoms with Crippen molar-refractivity contribution in [2.24, 2.45) is 0 Å². The molecule has 0 saturated heterocycles. The summed E-state index contributed by atoms with van der Waals surface area (Å²) in [6, 6.07) is 3.01. The van der Waals surface area contributed by atoms with Crippen molar-refractivity contribution in [3.05, 3.63) is 39.2 Å². The van der Waals surface area contributed by atoms with Gasteiger partial charge in [0.2, 0.25) is 0 Å². The van der Waals surface area contributed by atoms with Gasteiger partial charge in [0, 0.05) is 6.20 Å². The molecule has 0 aliphatic carbocycles. The minimum Gasteiger partial charge on any atom is -0.480 e. The van der Waals surface area contributed by atoms with Crippen molar-refractivity contribution in [3.63, 3.8) is 0 Å². The number of aliphatic carboxylic acids is 1. The van der Waals surface area contributed by atoms with Crippen LogP contribution in [0.4, 0.5) is 0 Å². The van der Waals surface area contributed by atoms with Crippen LogP contribution in [-0.2, 0) is 11.3 Å². The standard InChI is InChI=1S/C9H7N3O4/c13-6(14)4-12-8(15)5-2-1-3-10-7(5)11-9(12)16/h1-3H,4H2,(H,13,14)(H,10,11,16). The highest BCUT2D eigenvalue weighted by Crippen LogP contribution is 1.98. The van der Waals surface area contributed by atoms with Gasteiger partial charge in [-0.05, 0) is 12.1 Å². The van der Waals surface area contributed by atoms with E-state index in [4.69, 9.17) is 5.11 Å². The summed E-state index contributed by atoms with van der Waals surface area (Å²) < 4.78 is 0.617. The van der Waals surface area contributed by atoms with Crippen molar-refractivity contribution >= 4 is 17.0 Å². The average Bonchev–Trinajstić information content (AvgIpc) is 2.24. The number of H-pyrrole nitrogens is 1. The number of nitrogens with one attached hydrogen (secondary N) is 1. The van der Waals surface area contributed by atoms with Crippen molar-refractivity contribution in [3.8, 4) is 0 Å². The van der Waals surface area contributed by atoms with E-state index in [9.17, 15) is 14.4 Å². The van der Waals surface area contributed by atoms with Gasteiger partial charge in [0.1, 0.15) is 12.2 Å². The highest BCUT2D eigenvalue weighted by molar-refractivity contribution is 5.73. The molecule has 7 heteroatoms. The number of hydrogen-bond acceptors (Lipinski definition) is 4. The second-order valence-electron chi connectivity index (χ2n) is 3.11. The molecule has 2 rings (SSSR count).